The lowest BCUT2D eigenvalue weighted by Gasteiger charge is -2.18. The Bertz CT molecular complexity index is 463. The molecule has 0 aliphatic heterocycles. The topological polar surface area (TPSA) is 38.1 Å². The highest BCUT2D eigenvalue weighted by Gasteiger charge is 2.13. The van der Waals surface area contributed by atoms with Gasteiger partial charge in [-0.05, 0) is 46.3 Å². The van der Waals surface area contributed by atoms with Crippen molar-refractivity contribution >= 4 is 0 Å². The Hall–Kier alpha value is -1.16. The molecule has 1 heterocycles. The van der Waals surface area contributed by atoms with Crippen LogP contribution in [0.1, 0.15) is 44.5 Å². The minimum Gasteiger partial charge on any atom is -0.309 e. The number of aryl methyl sites for hydroxylation is 1. The van der Waals surface area contributed by atoms with Crippen molar-refractivity contribution in [3.05, 3.63) is 27.7 Å². The van der Waals surface area contributed by atoms with Crippen LogP contribution in [0, 0.1) is 12.8 Å². The monoisotopic (exact) mass is 265 g/mol. The summed E-state index contributed by atoms with van der Waals surface area (Å²) in [6.07, 6.45) is 1.85. The van der Waals surface area contributed by atoms with Gasteiger partial charge in [0.1, 0.15) is 0 Å². The second-order valence-corrected chi connectivity index (χ2v) is 6.10. The third-order valence-electron chi connectivity index (χ3n) is 3.21. The largest absolute Gasteiger partial charge is 0.309 e. The van der Waals surface area contributed by atoms with Gasteiger partial charge in [-0.1, -0.05) is 13.8 Å². The molecule has 0 aliphatic carbocycles. The van der Waals surface area contributed by atoms with Gasteiger partial charge in [0.15, 0.2) is 0 Å². The number of nitrogens with zero attached hydrogens (tertiary/aromatic N) is 3. The molecule has 4 heteroatoms. The molecule has 1 atom stereocenters. The maximum atomic E-state index is 12.2. The Balaban J connectivity index is 2.99. The van der Waals surface area contributed by atoms with Crippen molar-refractivity contribution in [2.75, 3.05) is 20.6 Å². The maximum absolute atomic E-state index is 12.2. The number of likely N-dealkylation sites (N-methyl/N-ethyl adjacent to an activating group) is 1. The fourth-order valence-electron chi connectivity index (χ4n) is 2.25. The van der Waals surface area contributed by atoms with Crippen molar-refractivity contribution in [3.63, 3.8) is 0 Å². The summed E-state index contributed by atoms with van der Waals surface area (Å²) in [6, 6.07) is 2.08. The van der Waals surface area contributed by atoms with Crippen LogP contribution in [0.15, 0.2) is 10.9 Å². The van der Waals surface area contributed by atoms with Crippen LogP contribution in [0.25, 0.3) is 0 Å². The highest BCUT2D eigenvalue weighted by Crippen LogP contribution is 2.14. The van der Waals surface area contributed by atoms with Gasteiger partial charge in [0.25, 0.3) is 5.56 Å². The van der Waals surface area contributed by atoms with E-state index in [-0.39, 0.29) is 11.6 Å². The van der Waals surface area contributed by atoms with Crippen LogP contribution in [-0.4, -0.2) is 35.3 Å². The summed E-state index contributed by atoms with van der Waals surface area (Å²) in [5.41, 5.74) is 1.84. The van der Waals surface area contributed by atoms with E-state index in [1.807, 2.05) is 27.1 Å². The smallest absolute Gasteiger partial charge is 0.269 e. The summed E-state index contributed by atoms with van der Waals surface area (Å²) in [7, 11) is 4.09. The van der Waals surface area contributed by atoms with E-state index < -0.39 is 0 Å². The Morgan fingerprint density at radius 3 is 2.47 bits per heavy atom. The highest BCUT2D eigenvalue weighted by molar-refractivity contribution is 5.12. The zero-order chi connectivity index (χ0) is 14.6. The molecular formula is C15H27N3O. The molecule has 0 saturated carbocycles. The average molecular weight is 265 g/mol. The first-order chi connectivity index (χ1) is 8.81. The fourth-order valence-corrected chi connectivity index (χ4v) is 2.25. The average Bonchev–Trinajstić information content (AvgIpc) is 2.29. The van der Waals surface area contributed by atoms with Crippen molar-refractivity contribution in [2.45, 2.75) is 46.6 Å². The summed E-state index contributed by atoms with van der Waals surface area (Å²) < 4.78 is 1.67. The van der Waals surface area contributed by atoms with E-state index in [2.05, 4.69) is 30.8 Å². The van der Waals surface area contributed by atoms with E-state index in [0.717, 1.165) is 30.6 Å². The lowest BCUT2D eigenvalue weighted by molar-refractivity contribution is 0.372. The van der Waals surface area contributed by atoms with E-state index >= 15 is 0 Å². The molecule has 108 valence electrons. The van der Waals surface area contributed by atoms with E-state index in [0.29, 0.717) is 5.92 Å². The Morgan fingerprint density at radius 2 is 1.95 bits per heavy atom. The minimum atomic E-state index is 0.0433. The van der Waals surface area contributed by atoms with Gasteiger partial charge < -0.3 is 4.90 Å². The summed E-state index contributed by atoms with van der Waals surface area (Å²) in [5.74, 6) is 0.564. The van der Waals surface area contributed by atoms with Gasteiger partial charge in [-0.25, -0.2) is 4.68 Å². The first-order valence-corrected chi connectivity index (χ1v) is 7.05. The number of rotatable bonds is 6. The van der Waals surface area contributed by atoms with Crippen LogP contribution < -0.4 is 5.56 Å². The summed E-state index contributed by atoms with van der Waals surface area (Å²) in [5, 5.41) is 4.54. The second kappa shape index (κ2) is 6.85. The molecule has 0 amide bonds. The van der Waals surface area contributed by atoms with Crippen molar-refractivity contribution in [2.24, 2.45) is 5.92 Å². The predicted octanol–water partition coefficient (Wildman–Crippen LogP) is 2.26. The Morgan fingerprint density at radius 1 is 1.32 bits per heavy atom. The molecule has 0 saturated heterocycles. The van der Waals surface area contributed by atoms with Gasteiger partial charge in [0.05, 0.1) is 11.7 Å². The fraction of sp³-hybridized carbons (Fsp3) is 0.733. The predicted molar refractivity (Wildman–Crippen MR) is 79.7 cm³/mol. The molecule has 0 radical (unpaired) electrons. The minimum absolute atomic E-state index is 0.0433. The quantitative estimate of drug-likeness (QED) is 0.792. The summed E-state index contributed by atoms with van der Waals surface area (Å²) in [4.78, 5) is 14.3. The van der Waals surface area contributed by atoms with Gasteiger partial charge in [-0.15, -0.1) is 0 Å². The van der Waals surface area contributed by atoms with Gasteiger partial charge in [0, 0.05) is 18.5 Å². The third-order valence-corrected chi connectivity index (χ3v) is 3.21. The molecule has 1 aromatic rings. The summed E-state index contributed by atoms with van der Waals surface area (Å²) >= 11 is 0. The summed E-state index contributed by atoms with van der Waals surface area (Å²) in [6.45, 7) is 9.24. The standard InChI is InChI=1S/C15H27N3O/c1-11(2)9-13(4)18-15(19)12(3)10-14(16-18)7-8-17(5)6/h10-11,13H,7-9H2,1-6H3/t13-/m0/s1. The number of aromatic nitrogens is 2. The zero-order valence-electron chi connectivity index (χ0n) is 13.1. The lowest BCUT2D eigenvalue weighted by Crippen LogP contribution is -2.30. The molecule has 4 nitrogen and oxygen atoms in total. The molecule has 0 bridgehead atoms. The van der Waals surface area contributed by atoms with E-state index in [1.165, 1.54) is 0 Å². The van der Waals surface area contributed by atoms with Gasteiger partial charge in [-0.3, -0.25) is 4.79 Å². The SMILES string of the molecule is Cc1cc(CCN(C)C)nn([C@@H](C)CC(C)C)c1=O. The molecule has 1 aromatic heterocycles. The van der Waals surface area contributed by atoms with E-state index in [1.54, 1.807) is 4.68 Å². The maximum Gasteiger partial charge on any atom is 0.269 e. The molecule has 19 heavy (non-hydrogen) atoms. The molecule has 0 aliphatic rings. The van der Waals surface area contributed by atoms with Crippen LogP contribution in [0.5, 0.6) is 0 Å². The highest BCUT2D eigenvalue weighted by atomic mass is 16.1. The molecule has 0 spiro atoms. The van der Waals surface area contributed by atoms with Crippen molar-refractivity contribution in [1.29, 1.82) is 0 Å². The van der Waals surface area contributed by atoms with Crippen LogP contribution in [0.4, 0.5) is 0 Å². The lowest BCUT2D eigenvalue weighted by atomic mass is 10.1. The normalized spacial score (nSPS) is 13.3. The van der Waals surface area contributed by atoms with Crippen LogP contribution in [-0.2, 0) is 6.42 Å². The van der Waals surface area contributed by atoms with E-state index in [4.69, 9.17) is 0 Å². The first-order valence-electron chi connectivity index (χ1n) is 7.05. The molecule has 1 rings (SSSR count). The molecule has 0 unspecified atom stereocenters. The zero-order valence-corrected chi connectivity index (χ0v) is 13.1. The number of hydrogen-bond donors (Lipinski definition) is 0. The Labute approximate surface area is 116 Å². The molecule has 0 N–H and O–H groups in total. The molecule has 0 aromatic carbocycles. The number of hydrogen-bond acceptors (Lipinski definition) is 3. The van der Waals surface area contributed by atoms with Crippen molar-refractivity contribution in [1.82, 2.24) is 14.7 Å². The molecular weight excluding hydrogens is 238 g/mol. The van der Waals surface area contributed by atoms with Crippen LogP contribution in [0.3, 0.4) is 0 Å². The van der Waals surface area contributed by atoms with Crippen LogP contribution in [0.2, 0.25) is 0 Å². The third kappa shape index (κ3) is 4.78. The van der Waals surface area contributed by atoms with Crippen LogP contribution >= 0.6 is 0 Å². The van der Waals surface area contributed by atoms with Gasteiger partial charge in [0.2, 0.25) is 0 Å². The molecule has 0 fully saturated rings. The van der Waals surface area contributed by atoms with E-state index in [9.17, 15) is 4.79 Å². The van der Waals surface area contributed by atoms with Gasteiger partial charge in [-0.2, -0.15) is 5.10 Å². The Kier molecular flexibility index (Phi) is 5.73. The van der Waals surface area contributed by atoms with Crippen molar-refractivity contribution in [3.8, 4) is 0 Å². The van der Waals surface area contributed by atoms with Crippen molar-refractivity contribution < 1.29 is 0 Å². The second-order valence-electron chi connectivity index (χ2n) is 6.10. The first kappa shape index (κ1) is 15.9. The van der Waals surface area contributed by atoms with Gasteiger partial charge >= 0.3 is 0 Å².